The molecular weight excluding hydrogens is 422 g/mol. The quantitative estimate of drug-likeness (QED) is 0.506. The molecule has 0 spiro atoms. The molecule has 2 aromatic heterocycles. The lowest BCUT2D eigenvalue weighted by Gasteiger charge is -2.32. The monoisotopic (exact) mass is 449 g/mol. The number of nitrogens with zero attached hydrogens (tertiary/aromatic N) is 5. The number of benzene rings is 1. The van der Waals surface area contributed by atoms with Gasteiger partial charge in [0.25, 0.3) is 0 Å². The Kier molecular flexibility index (Phi) is 7.13. The van der Waals surface area contributed by atoms with Crippen molar-refractivity contribution in [2.24, 2.45) is 5.92 Å². The van der Waals surface area contributed by atoms with Crippen LogP contribution in [0.15, 0.2) is 55.4 Å². The van der Waals surface area contributed by atoms with Crippen LogP contribution in [-0.4, -0.2) is 57.6 Å². The number of nitrogens with one attached hydrogen (secondary N) is 2. The van der Waals surface area contributed by atoms with Gasteiger partial charge in [0.2, 0.25) is 11.8 Å². The minimum absolute atomic E-state index is 0.0239. The van der Waals surface area contributed by atoms with Crippen molar-refractivity contribution in [1.29, 1.82) is 0 Å². The maximum atomic E-state index is 12.7. The molecule has 3 heterocycles. The van der Waals surface area contributed by atoms with Crippen molar-refractivity contribution in [3.8, 4) is 11.6 Å². The van der Waals surface area contributed by atoms with E-state index in [-0.39, 0.29) is 17.7 Å². The molecule has 0 radical (unpaired) electrons. The Labute approximate surface area is 192 Å². The predicted molar refractivity (Wildman–Crippen MR) is 123 cm³/mol. The first-order valence-electron chi connectivity index (χ1n) is 10.9. The lowest BCUT2D eigenvalue weighted by Crippen LogP contribution is -2.38. The van der Waals surface area contributed by atoms with Crippen molar-refractivity contribution in [1.82, 2.24) is 24.8 Å². The van der Waals surface area contributed by atoms with E-state index in [1.165, 1.54) is 6.92 Å². The van der Waals surface area contributed by atoms with E-state index in [4.69, 9.17) is 4.74 Å². The van der Waals surface area contributed by atoms with Gasteiger partial charge in [-0.15, -0.1) is 0 Å². The molecule has 0 saturated carbocycles. The summed E-state index contributed by atoms with van der Waals surface area (Å²) in [5.41, 5.74) is 0.734. The largest absolute Gasteiger partial charge is 0.492 e. The van der Waals surface area contributed by atoms with Gasteiger partial charge in [-0.1, -0.05) is 0 Å². The standard InChI is InChI=1S/C23H27N7O3/c1-17(31)25-9-13-33-20-4-2-19(3-5-20)28-23(32)18-6-10-29(11-7-18)21-14-22(27-15-26-21)30-12-8-24-16-30/h2-5,8,12,14-16,18H,6-7,9-11,13H2,1H3,(H,25,31)(H,28,32). The van der Waals surface area contributed by atoms with Gasteiger partial charge in [-0.05, 0) is 37.1 Å². The predicted octanol–water partition coefficient (Wildman–Crippen LogP) is 2.03. The number of hydrogen-bond donors (Lipinski definition) is 2. The van der Waals surface area contributed by atoms with E-state index in [0.29, 0.717) is 18.9 Å². The Bertz CT molecular complexity index is 1060. The highest BCUT2D eigenvalue weighted by Gasteiger charge is 2.26. The van der Waals surface area contributed by atoms with E-state index in [1.54, 1.807) is 31.0 Å². The molecule has 1 aromatic carbocycles. The van der Waals surface area contributed by atoms with E-state index in [1.807, 2.05) is 29.0 Å². The van der Waals surface area contributed by atoms with Gasteiger partial charge in [-0.25, -0.2) is 15.0 Å². The fraction of sp³-hybridized carbons (Fsp3) is 0.348. The van der Waals surface area contributed by atoms with E-state index in [2.05, 4.69) is 30.5 Å². The molecule has 172 valence electrons. The number of ether oxygens (including phenoxy) is 1. The summed E-state index contributed by atoms with van der Waals surface area (Å²) >= 11 is 0. The van der Waals surface area contributed by atoms with Crippen molar-refractivity contribution < 1.29 is 14.3 Å². The van der Waals surface area contributed by atoms with Crippen LogP contribution in [0.3, 0.4) is 0 Å². The average molecular weight is 450 g/mol. The van der Waals surface area contributed by atoms with Crippen LogP contribution in [0, 0.1) is 5.92 Å². The average Bonchev–Trinajstić information content (AvgIpc) is 3.38. The molecule has 33 heavy (non-hydrogen) atoms. The van der Waals surface area contributed by atoms with Crippen LogP contribution >= 0.6 is 0 Å². The first-order valence-corrected chi connectivity index (χ1v) is 10.9. The van der Waals surface area contributed by atoms with Crippen molar-refractivity contribution in [2.45, 2.75) is 19.8 Å². The Morgan fingerprint density at radius 2 is 1.88 bits per heavy atom. The van der Waals surface area contributed by atoms with Gasteiger partial charge in [0, 0.05) is 50.1 Å². The fourth-order valence-corrected chi connectivity index (χ4v) is 3.69. The van der Waals surface area contributed by atoms with Crippen molar-refractivity contribution >= 4 is 23.3 Å². The molecule has 0 bridgehead atoms. The Morgan fingerprint density at radius 1 is 1.12 bits per heavy atom. The lowest BCUT2D eigenvalue weighted by molar-refractivity contribution is -0.120. The second kappa shape index (κ2) is 10.6. The van der Waals surface area contributed by atoms with Crippen molar-refractivity contribution in [3.63, 3.8) is 0 Å². The Morgan fingerprint density at radius 3 is 2.58 bits per heavy atom. The summed E-state index contributed by atoms with van der Waals surface area (Å²) in [5.74, 6) is 2.19. The molecule has 2 N–H and O–H groups in total. The first kappa shape index (κ1) is 22.3. The van der Waals surface area contributed by atoms with E-state index in [9.17, 15) is 9.59 Å². The number of anilines is 2. The third-order valence-corrected chi connectivity index (χ3v) is 5.46. The molecule has 10 heteroatoms. The Balaban J connectivity index is 1.25. The zero-order chi connectivity index (χ0) is 23.0. The van der Waals surface area contributed by atoms with Gasteiger partial charge < -0.3 is 20.3 Å². The van der Waals surface area contributed by atoms with Gasteiger partial charge in [0.15, 0.2) is 0 Å². The van der Waals surface area contributed by atoms with E-state index >= 15 is 0 Å². The maximum absolute atomic E-state index is 12.7. The van der Waals surface area contributed by atoms with Crippen LogP contribution in [0.25, 0.3) is 5.82 Å². The summed E-state index contributed by atoms with van der Waals surface area (Å²) in [5, 5.41) is 5.67. The normalized spacial score (nSPS) is 14.0. The molecule has 1 aliphatic heterocycles. The van der Waals surface area contributed by atoms with Crippen LogP contribution < -0.4 is 20.3 Å². The third kappa shape index (κ3) is 6.06. The molecule has 1 saturated heterocycles. The zero-order valence-electron chi connectivity index (χ0n) is 18.5. The fourth-order valence-electron chi connectivity index (χ4n) is 3.69. The summed E-state index contributed by atoms with van der Waals surface area (Å²) in [7, 11) is 0. The first-order chi connectivity index (χ1) is 16.1. The van der Waals surface area contributed by atoms with Crippen LogP contribution in [0.1, 0.15) is 19.8 Å². The summed E-state index contributed by atoms with van der Waals surface area (Å²) in [4.78, 5) is 38.5. The second-order valence-corrected chi connectivity index (χ2v) is 7.81. The second-order valence-electron chi connectivity index (χ2n) is 7.81. The molecule has 3 aromatic rings. The van der Waals surface area contributed by atoms with Gasteiger partial charge in [0.1, 0.15) is 36.6 Å². The number of carbonyl (C=O) groups is 2. The molecule has 0 unspecified atom stereocenters. The number of rotatable bonds is 8. The van der Waals surface area contributed by atoms with Crippen LogP contribution in [0.2, 0.25) is 0 Å². The van der Waals surface area contributed by atoms with Crippen LogP contribution in [-0.2, 0) is 9.59 Å². The smallest absolute Gasteiger partial charge is 0.227 e. The minimum atomic E-state index is -0.0845. The highest BCUT2D eigenvalue weighted by Crippen LogP contribution is 2.24. The lowest BCUT2D eigenvalue weighted by atomic mass is 9.96. The summed E-state index contributed by atoms with van der Waals surface area (Å²) in [6, 6.07) is 9.18. The van der Waals surface area contributed by atoms with E-state index < -0.39 is 0 Å². The van der Waals surface area contributed by atoms with Crippen LogP contribution in [0.5, 0.6) is 5.75 Å². The highest BCUT2D eigenvalue weighted by molar-refractivity contribution is 5.92. The zero-order valence-corrected chi connectivity index (χ0v) is 18.5. The summed E-state index contributed by atoms with van der Waals surface area (Å²) < 4.78 is 7.41. The molecule has 0 aliphatic carbocycles. The number of imidazole rings is 1. The molecular formula is C23H27N7O3. The molecule has 1 fully saturated rings. The number of amides is 2. The number of carbonyl (C=O) groups excluding carboxylic acids is 2. The number of piperidine rings is 1. The van der Waals surface area contributed by atoms with Gasteiger partial charge in [-0.2, -0.15) is 0 Å². The van der Waals surface area contributed by atoms with Gasteiger partial charge in [0.05, 0.1) is 6.54 Å². The summed E-state index contributed by atoms with van der Waals surface area (Å²) in [6.07, 6.45) is 8.30. The van der Waals surface area contributed by atoms with Crippen LogP contribution in [0.4, 0.5) is 11.5 Å². The minimum Gasteiger partial charge on any atom is -0.492 e. The number of aromatic nitrogens is 4. The topological polar surface area (TPSA) is 114 Å². The molecule has 2 amide bonds. The van der Waals surface area contributed by atoms with Crippen molar-refractivity contribution in [2.75, 3.05) is 36.5 Å². The maximum Gasteiger partial charge on any atom is 0.227 e. The molecule has 10 nitrogen and oxygen atoms in total. The molecule has 0 atom stereocenters. The summed E-state index contributed by atoms with van der Waals surface area (Å²) in [6.45, 7) is 3.81. The highest BCUT2D eigenvalue weighted by atomic mass is 16.5. The molecule has 4 rings (SSSR count). The third-order valence-electron chi connectivity index (χ3n) is 5.46. The molecule has 1 aliphatic rings. The van der Waals surface area contributed by atoms with E-state index in [0.717, 1.165) is 43.3 Å². The van der Waals surface area contributed by atoms with Gasteiger partial charge >= 0.3 is 0 Å². The Hall–Kier alpha value is -3.95. The SMILES string of the molecule is CC(=O)NCCOc1ccc(NC(=O)C2CCN(c3cc(-n4ccnc4)ncn3)CC2)cc1. The van der Waals surface area contributed by atoms with Crippen molar-refractivity contribution in [3.05, 3.63) is 55.4 Å². The van der Waals surface area contributed by atoms with Gasteiger partial charge in [-0.3, -0.25) is 14.2 Å². The number of hydrogen-bond acceptors (Lipinski definition) is 7.